The fourth-order valence-electron chi connectivity index (χ4n) is 1.38. The molecule has 0 saturated carbocycles. The number of nitrogens with zero attached hydrogens (tertiary/aromatic N) is 3. The Morgan fingerprint density at radius 2 is 2.19 bits per heavy atom. The molecule has 1 heterocycles. The Morgan fingerprint density at radius 1 is 1.38 bits per heavy atom. The number of benzene rings is 1. The molecule has 0 unspecified atom stereocenters. The van der Waals surface area contributed by atoms with Crippen molar-refractivity contribution in [2.75, 3.05) is 0 Å². The molecule has 0 aliphatic rings. The van der Waals surface area contributed by atoms with Gasteiger partial charge in [0.15, 0.2) is 0 Å². The molecule has 0 spiro atoms. The van der Waals surface area contributed by atoms with Crippen LogP contribution in [0.1, 0.15) is 11.1 Å². The summed E-state index contributed by atoms with van der Waals surface area (Å²) < 4.78 is 7.03. The number of hydrogen-bond donors (Lipinski definition) is 1. The lowest BCUT2D eigenvalue weighted by Crippen LogP contribution is -2.00. The van der Waals surface area contributed by atoms with E-state index < -0.39 is 0 Å². The molecular formula is C11H14N4O. The molecule has 0 atom stereocenters. The minimum absolute atomic E-state index is 0.389. The summed E-state index contributed by atoms with van der Waals surface area (Å²) in [6, 6.07) is 8.35. The summed E-state index contributed by atoms with van der Waals surface area (Å²) in [5.74, 6) is 0. The molecule has 0 fully saturated rings. The molecule has 2 N–H and O–H groups in total. The third-order valence-electron chi connectivity index (χ3n) is 2.17. The van der Waals surface area contributed by atoms with Crippen LogP contribution in [0.4, 0.5) is 0 Å². The lowest BCUT2D eigenvalue weighted by Gasteiger charge is -2.03. The van der Waals surface area contributed by atoms with Gasteiger partial charge in [0, 0.05) is 13.6 Å². The van der Waals surface area contributed by atoms with Crippen molar-refractivity contribution < 1.29 is 4.74 Å². The first-order valence-corrected chi connectivity index (χ1v) is 5.04. The average molecular weight is 218 g/mol. The van der Waals surface area contributed by atoms with Gasteiger partial charge in [-0.1, -0.05) is 24.3 Å². The molecule has 0 radical (unpaired) electrons. The Labute approximate surface area is 93.9 Å². The van der Waals surface area contributed by atoms with E-state index in [1.807, 2.05) is 24.3 Å². The van der Waals surface area contributed by atoms with Gasteiger partial charge in [0.2, 0.25) is 0 Å². The number of ether oxygens (including phenoxy) is 1. The van der Waals surface area contributed by atoms with E-state index in [0.29, 0.717) is 19.2 Å². The van der Waals surface area contributed by atoms with Crippen molar-refractivity contribution in [1.82, 2.24) is 14.8 Å². The fraction of sp³-hybridized carbons (Fsp3) is 0.273. The van der Waals surface area contributed by atoms with Gasteiger partial charge in [-0.15, -0.1) is 5.10 Å². The van der Waals surface area contributed by atoms with E-state index in [1.165, 1.54) is 0 Å². The van der Waals surface area contributed by atoms with E-state index in [9.17, 15) is 0 Å². The zero-order valence-corrected chi connectivity index (χ0v) is 9.13. The van der Waals surface area contributed by atoms with Gasteiger partial charge in [-0.3, -0.25) is 4.68 Å². The largest absolute Gasteiger partial charge is 0.458 e. The highest BCUT2D eigenvalue weighted by Crippen LogP contribution is 2.08. The van der Waals surface area contributed by atoms with Crippen molar-refractivity contribution in [2.24, 2.45) is 12.8 Å². The minimum Gasteiger partial charge on any atom is -0.458 e. The van der Waals surface area contributed by atoms with Crippen molar-refractivity contribution in [3.05, 3.63) is 41.7 Å². The van der Waals surface area contributed by atoms with Crippen molar-refractivity contribution in [2.45, 2.75) is 13.2 Å². The van der Waals surface area contributed by atoms with Crippen LogP contribution in [0.15, 0.2) is 30.6 Å². The van der Waals surface area contributed by atoms with Gasteiger partial charge in [-0.25, -0.2) is 0 Å². The molecule has 0 amide bonds. The Morgan fingerprint density at radius 3 is 2.88 bits per heavy atom. The quantitative estimate of drug-likeness (QED) is 0.826. The van der Waals surface area contributed by atoms with Crippen molar-refractivity contribution >= 4 is 0 Å². The Hall–Kier alpha value is -1.88. The zero-order valence-electron chi connectivity index (χ0n) is 9.13. The Bertz CT molecular complexity index is 467. The van der Waals surface area contributed by atoms with Gasteiger partial charge < -0.3 is 10.5 Å². The van der Waals surface area contributed by atoms with Gasteiger partial charge >= 0.3 is 6.01 Å². The van der Waals surface area contributed by atoms with Gasteiger partial charge in [-0.05, 0) is 11.1 Å². The van der Waals surface area contributed by atoms with Crippen LogP contribution in [-0.2, 0) is 20.2 Å². The Kier molecular flexibility index (Phi) is 3.16. The summed E-state index contributed by atoms with van der Waals surface area (Å²) in [5.41, 5.74) is 7.72. The second-order valence-corrected chi connectivity index (χ2v) is 3.51. The SMILES string of the molecule is Cn1cnc(OCc2cccc(CN)c2)n1. The highest BCUT2D eigenvalue weighted by molar-refractivity contribution is 5.22. The van der Waals surface area contributed by atoms with E-state index in [4.69, 9.17) is 10.5 Å². The molecule has 0 aliphatic carbocycles. The van der Waals surface area contributed by atoms with Gasteiger partial charge in [-0.2, -0.15) is 4.98 Å². The van der Waals surface area contributed by atoms with Crippen LogP contribution in [0.25, 0.3) is 0 Å². The summed E-state index contributed by atoms with van der Waals surface area (Å²) in [6.07, 6.45) is 1.60. The van der Waals surface area contributed by atoms with Crippen LogP contribution in [0.3, 0.4) is 0 Å². The summed E-state index contributed by atoms with van der Waals surface area (Å²) in [4.78, 5) is 3.98. The Balaban J connectivity index is 1.99. The van der Waals surface area contributed by atoms with E-state index in [2.05, 4.69) is 10.1 Å². The minimum atomic E-state index is 0.389. The van der Waals surface area contributed by atoms with Crippen LogP contribution >= 0.6 is 0 Å². The maximum Gasteiger partial charge on any atom is 0.335 e. The molecule has 1 aromatic carbocycles. The van der Waals surface area contributed by atoms with Gasteiger partial charge in [0.05, 0.1) is 0 Å². The molecule has 0 saturated heterocycles. The van der Waals surface area contributed by atoms with Crippen LogP contribution < -0.4 is 10.5 Å². The monoisotopic (exact) mass is 218 g/mol. The molecule has 2 rings (SSSR count). The molecular weight excluding hydrogens is 204 g/mol. The zero-order chi connectivity index (χ0) is 11.4. The first kappa shape index (κ1) is 10.6. The summed E-state index contributed by atoms with van der Waals surface area (Å²) in [7, 11) is 1.80. The molecule has 2 aromatic rings. The van der Waals surface area contributed by atoms with Crippen LogP contribution in [0, 0.1) is 0 Å². The summed E-state index contributed by atoms with van der Waals surface area (Å²) in [6.45, 7) is 0.994. The number of hydrogen-bond acceptors (Lipinski definition) is 4. The van der Waals surface area contributed by atoms with Crippen LogP contribution in [0.5, 0.6) is 6.01 Å². The number of aromatic nitrogens is 3. The van der Waals surface area contributed by atoms with E-state index in [1.54, 1.807) is 18.1 Å². The lowest BCUT2D eigenvalue weighted by atomic mass is 10.1. The molecule has 5 nitrogen and oxygen atoms in total. The average Bonchev–Trinajstić information content (AvgIpc) is 2.73. The normalized spacial score (nSPS) is 10.4. The van der Waals surface area contributed by atoms with Crippen molar-refractivity contribution in [3.8, 4) is 6.01 Å². The number of aryl methyl sites for hydroxylation is 1. The maximum atomic E-state index is 5.56. The maximum absolute atomic E-state index is 5.56. The topological polar surface area (TPSA) is 66.0 Å². The second-order valence-electron chi connectivity index (χ2n) is 3.51. The highest BCUT2D eigenvalue weighted by Gasteiger charge is 2.00. The predicted molar refractivity (Wildman–Crippen MR) is 59.7 cm³/mol. The smallest absolute Gasteiger partial charge is 0.335 e. The molecule has 0 aliphatic heterocycles. The van der Waals surface area contributed by atoms with Crippen molar-refractivity contribution in [1.29, 1.82) is 0 Å². The molecule has 16 heavy (non-hydrogen) atoms. The third-order valence-corrected chi connectivity index (χ3v) is 2.17. The van der Waals surface area contributed by atoms with Gasteiger partial charge in [0.25, 0.3) is 0 Å². The van der Waals surface area contributed by atoms with E-state index >= 15 is 0 Å². The third kappa shape index (κ3) is 2.58. The number of rotatable bonds is 4. The predicted octanol–water partition coefficient (Wildman–Crippen LogP) is 0.853. The first-order chi connectivity index (χ1) is 7.78. The second kappa shape index (κ2) is 4.76. The van der Waals surface area contributed by atoms with Crippen LogP contribution in [0.2, 0.25) is 0 Å². The fourth-order valence-corrected chi connectivity index (χ4v) is 1.38. The summed E-state index contributed by atoms with van der Waals surface area (Å²) in [5, 5.41) is 4.03. The molecule has 84 valence electrons. The van der Waals surface area contributed by atoms with E-state index in [0.717, 1.165) is 11.1 Å². The standard InChI is InChI=1S/C11H14N4O/c1-15-8-13-11(14-15)16-7-10-4-2-3-9(5-10)6-12/h2-5,8H,6-7,12H2,1H3. The van der Waals surface area contributed by atoms with Crippen molar-refractivity contribution in [3.63, 3.8) is 0 Å². The lowest BCUT2D eigenvalue weighted by molar-refractivity contribution is 0.280. The van der Waals surface area contributed by atoms with Crippen LogP contribution in [-0.4, -0.2) is 14.8 Å². The van der Waals surface area contributed by atoms with Gasteiger partial charge in [0.1, 0.15) is 12.9 Å². The summed E-state index contributed by atoms with van der Waals surface area (Å²) >= 11 is 0. The molecule has 1 aromatic heterocycles. The van der Waals surface area contributed by atoms with E-state index in [-0.39, 0.29) is 0 Å². The highest BCUT2D eigenvalue weighted by atomic mass is 16.5. The number of nitrogens with two attached hydrogens (primary N) is 1. The molecule has 0 bridgehead atoms. The molecule has 5 heteroatoms. The first-order valence-electron chi connectivity index (χ1n) is 5.04.